The molecule has 8 aromatic rings. The highest BCUT2D eigenvalue weighted by Crippen LogP contribution is 2.46. The van der Waals surface area contributed by atoms with Crippen LogP contribution in [-0.2, 0) is 0 Å². The number of fused-ring (bicyclic) bond motifs is 4. The Morgan fingerprint density at radius 1 is 0.500 bits per heavy atom. The molecule has 0 unspecified atom stereocenters. The summed E-state index contributed by atoms with van der Waals surface area (Å²) >= 11 is 0. The van der Waals surface area contributed by atoms with Crippen LogP contribution in [-0.4, -0.2) is 10.7 Å². The number of rotatable bonds is 5. The summed E-state index contributed by atoms with van der Waals surface area (Å²) in [5.74, 6) is 0. The predicted molar refractivity (Wildman–Crippen MR) is 195 cm³/mol. The van der Waals surface area contributed by atoms with Crippen LogP contribution in [0, 0.1) is 13.8 Å². The van der Waals surface area contributed by atoms with E-state index in [9.17, 15) is 0 Å². The highest BCUT2D eigenvalue weighted by Gasteiger charge is 2.25. The van der Waals surface area contributed by atoms with Crippen molar-refractivity contribution in [2.24, 2.45) is 4.99 Å². The lowest BCUT2D eigenvalue weighted by Crippen LogP contribution is -2.08. The molecule has 0 N–H and O–H groups in total. The summed E-state index contributed by atoms with van der Waals surface area (Å²) in [4.78, 5) is 10.9. The smallest absolute Gasteiger partial charge is 0.0801 e. The van der Waals surface area contributed by atoms with Gasteiger partial charge in [-0.05, 0) is 54.6 Å². The topological polar surface area (TPSA) is 25.2 Å². The van der Waals surface area contributed by atoms with Gasteiger partial charge in [0.25, 0.3) is 0 Å². The number of hydrogen-bond donors (Lipinski definition) is 0. The molecule has 2 nitrogen and oxygen atoms in total. The lowest BCUT2D eigenvalue weighted by molar-refractivity contribution is 1.42. The molecule has 0 aliphatic heterocycles. The normalized spacial score (nSPS) is 11.8. The Balaban J connectivity index is 1.66. The molecule has 0 atom stereocenters. The number of aliphatic imine (C=N–C) groups is 1. The van der Waals surface area contributed by atoms with Crippen molar-refractivity contribution in [2.45, 2.75) is 13.8 Å². The molecule has 2 heteroatoms. The minimum absolute atomic E-state index is 0.920. The summed E-state index contributed by atoms with van der Waals surface area (Å²) in [6.45, 7) is 4.27. The average Bonchev–Trinajstić information content (AvgIpc) is 3.11. The molecule has 1 aromatic heterocycles. The third kappa shape index (κ3) is 4.85. The van der Waals surface area contributed by atoms with Crippen molar-refractivity contribution in [1.82, 2.24) is 4.98 Å². The fourth-order valence-corrected chi connectivity index (χ4v) is 6.64. The number of aromatic nitrogens is 1. The van der Waals surface area contributed by atoms with Crippen LogP contribution in [0.3, 0.4) is 0 Å². The van der Waals surface area contributed by atoms with Crippen molar-refractivity contribution < 1.29 is 0 Å². The predicted octanol–water partition coefficient (Wildman–Crippen LogP) is 11.7. The van der Waals surface area contributed by atoms with E-state index in [0.717, 1.165) is 66.2 Å². The maximum absolute atomic E-state index is 5.46. The van der Waals surface area contributed by atoms with Gasteiger partial charge in [-0.1, -0.05) is 145 Å². The van der Waals surface area contributed by atoms with Crippen LogP contribution in [0.2, 0.25) is 0 Å². The fraction of sp³-hybridized carbons (Fsp3) is 0.0455. The first-order valence-corrected chi connectivity index (χ1v) is 15.8. The fourth-order valence-electron chi connectivity index (χ4n) is 6.64. The van der Waals surface area contributed by atoms with Crippen LogP contribution in [0.25, 0.3) is 54.8 Å². The highest BCUT2D eigenvalue weighted by molar-refractivity contribution is 6.32. The quantitative estimate of drug-likeness (QED) is 0.112. The molecule has 0 amide bonds. The van der Waals surface area contributed by atoms with Gasteiger partial charge >= 0.3 is 0 Å². The van der Waals surface area contributed by atoms with Crippen molar-refractivity contribution in [3.8, 4) is 22.3 Å². The van der Waals surface area contributed by atoms with Crippen LogP contribution < -0.4 is 0 Å². The number of aryl methyl sites for hydroxylation is 2. The molecular weight excluding hydrogens is 556 g/mol. The standard InChI is InChI=1S/C44H32N2/c1-29-22-25-34(26-23-29)45-43(33-18-10-5-11-19-33)41-35-20-12-13-21-36(35)44-42(40(41)32-16-8-4-9-17-32)39(31-14-6-3-7-15-31)37-28-30(2)24-27-38(37)46-44/h3-28H,1-2H3. The molecule has 1 heterocycles. The second-order valence-electron chi connectivity index (χ2n) is 11.9. The Labute approximate surface area is 269 Å². The third-order valence-electron chi connectivity index (χ3n) is 8.78. The molecule has 218 valence electrons. The zero-order valence-corrected chi connectivity index (χ0v) is 25.9. The van der Waals surface area contributed by atoms with Gasteiger partial charge in [0.1, 0.15) is 0 Å². The van der Waals surface area contributed by atoms with E-state index >= 15 is 0 Å². The van der Waals surface area contributed by atoms with Crippen LogP contribution in [0.4, 0.5) is 5.69 Å². The molecule has 0 bridgehead atoms. The number of hydrogen-bond acceptors (Lipinski definition) is 2. The van der Waals surface area contributed by atoms with Gasteiger partial charge in [0.05, 0.1) is 22.4 Å². The van der Waals surface area contributed by atoms with E-state index in [1.165, 1.54) is 22.3 Å². The molecule has 7 aromatic carbocycles. The molecule has 0 saturated carbocycles. The van der Waals surface area contributed by atoms with E-state index in [-0.39, 0.29) is 0 Å². The minimum Gasteiger partial charge on any atom is -0.248 e. The zero-order valence-electron chi connectivity index (χ0n) is 25.9. The summed E-state index contributed by atoms with van der Waals surface area (Å²) in [6, 6.07) is 55.9. The SMILES string of the molecule is Cc1ccc(N=C(c2ccccc2)c2c(-c3ccccc3)c3c(-c4ccccc4)c4cc(C)ccc4nc3c3ccccc23)cc1. The van der Waals surface area contributed by atoms with Crippen LogP contribution >= 0.6 is 0 Å². The van der Waals surface area contributed by atoms with E-state index in [0.29, 0.717) is 0 Å². The Kier molecular flexibility index (Phi) is 6.96. The number of pyridine rings is 1. The highest BCUT2D eigenvalue weighted by atomic mass is 14.8. The first kappa shape index (κ1) is 27.7. The van der Waals surface area contributed by atoms with Crippen LogP contribution in [0.1, 0.15) is 22.3 Å². The lowest BCUT2D eigenvalue weighted by Gasteiger charge is -2.23. The molecule has 0 saturated heterocycles. The van der Waals surface area contributed by atoms with Gasteiger partial charge in [-0.3, -0.25) is 0 Å². The Morgan fingerprint density at radius 2 is 1.07 bits per heavy atom. The zero-order chi connectivity index (χ0) is 31.0. The Morgan fingerprint density at radius 3 is 1.74 bits per heavy atom. The van der Waals surface area contributed by atoms with Gasteiger partial charge in [-0.2, -0.15) is 0 Å². The maximum Gasteiger partial charge on any atom is 0.0801 e. The van der Waals surface area contributed by atoms with E-state index < -0.39 is 0 Å². The second kappa shape index (κ2) is 11.6. The van der Waals surface area contributed by atoms with Gasteiger partial charge in [-0.25, -0.2) is 9.98 Å². The van der Waals surface area contributed by atoms with E-state index in [1.807, 2.05) is 0 Å². The molecule has 0 fully saturated rings. The molecular formula is C44H32N2. The van der Waals surface area contributed by atoms with Gasteiger partial charge in [0.2, 0.25) is 0 Å². The van der Waals surface area contributed by atoms with E-state index in [1.54, 1.807) is 0 Å². The second-order valence-corrected chi connectivity index (χ2v) is 11.9. The Hall–Kier alpha value is -5.86. The molecule has 46 heavy (non-hydrogen) atoms. The van der Waals surface area contributed by atoms with Crippen molar-refractivity contribution >= 4 is 44.0 Å². The van der Waals surface area contributed by atoms with E-state index in [4.69, 9.17) is 9.98 Å². The maximum atomic E-state index is 5.46. The minimum atomic E-state index is 0.920. The monoisotopic (exact) mass is 588 g/mol. The van der Waals surface area contributed by atoms with Crippen LogP contribution in [0.15, 0.2) is 163 Å². The number of nitrogens with zero attached hydrogens (tertiary/aromatic N) is 2. The molecule has 0 aliphatic rings. The Bertz CT molecular complexity index is 2390. The van der Waals surface area contributed by atoms with E-state index in [2.05, 4.69) is 172 Å². The summed E-state index contributed by atoms with van der Waals surface area (Å²) in [7, 11) is 0. The third-order valence-corrected chi connectivity index (χ3v) is 8.78. The average molecular weight is 589 g/mol. The van der Waals surface area contributed by atoms with Gasteiger partial charge in [-0.15, -0.1) is 0 Å². The van der Waals surface area contributed by atoms with Crippen molar-refractivity contribution in [3.05, 3.63) is 180 Å². The molecule has 8 rings (SSSR count). The summed E-state index contributed by atoms with van der Waals surface area (Å²) in [6.07, 6.45) is 0. The molecule has 0 radical (unpaired) electrons. The largest absolute Gasteiger partial charge is 0.248 e. The summed E-state index contributed by atoms with van der Waals surface area (Å²) in [5, 5.41) is 4.52. The molecule has 0 spiro atoms. The van der Waals surface area contributed by atoms with Gasteiger partial charge in [0.15, 0.2) is 0 Å². The van der Waals surface area contributed by atoms with Gasteiger partial charge < -0.3 is 0 Å². The summed E-state index contributed by atoms with van der Waals surface area (Å²) < 4.78 is 0. The molecule has 0 aliphatic carbocycles. The lowest BCUT2D eigenvalue weighted by atomic mass is 9.82. The van der Waals surface area contributed by atoms with Crippen molar-refractivity contribution in [1.29, 1.82) is 0 Å². The number of benzene rings is 7. The first-order chi connectivity index (χ1) is 22.7. The summed E-state index contributed by atoms with van der Waals surface area (Å²) in [5.41, 5.74) is 13.1. The van der Waals surface area contributed by atoms with Crippen LogP contribution in [0.5, 0.6) is 0 Å². The first-order valence-electron chi connectivity index (χ1n) is 15.8. The van der Waals surface area contributed by atoms with Gasteiger partial charge in [0, 0.05) is 38.4 Å². The van der Waals surface area contributed by atoms with Crippen molar-refractivity contribution in [2.75, 3.05) is 0 Å². The van der Waals surface area contributed by atoms with Crippen molar-refractivity contribution in [3.63, 3.8) is 0 Å².